The number of hydrogen-bond donors (Lipinski definition) is 2. The van der Waals surface area contributed by atoms with E-state index < -0.39 is 0 Å². The highest BCUT2D eigenvalue weighted by Crippen LogP contribution is 2.43. The molecule has 2 heterocycles. The van der Waals surface area contributed by atoms with Gasteiger partial charge in [0.15, 0.2) is 0 Å². The molecule has 4 heteroatoms. The Labute approximate surface area is 102 Å². The lowest BCUT2D eigenvalue weighted by Crippen LogP contribution is -2.36. The Kier molecular flexibility index (Phi) is 2.56. The average Bonchev–Trinajstić information content (AvgIpc) is 3.15. The molecule has 92 valence electrons. The van der Waals surface area contributed by atoms with E-state index in [0.29, 0.717) is 12.5 Å². The van der Waals surface area contributed by atoms with Crippen LogP contribution in [0.3, 0.4) is 0 Å². The topological polar surface area (TPSA) is 60.2 Å². The van der Waals surface area contributed by atoms with Crippen LogP contribution in [0.2, 0.25) is 0 Å². The maximum atomic E-state index is 6.38. The van der Waals surface area contributed by atoms with E-state index >= 15 is 0 Å². The molecule has 1 fully saturated rings. The normalized spacial score (nSPS) is 23.2. The van der Waals surface area contributed by atoms with E-state index in [-0.39, 0.29) is 5.54 Å². The van der Waals surface area contributed by atoms with E-state index in [1.807, 2.05) is 6.07 Å². The Bertz CT molecular complexity index is 427. The van der Waals surface area contributed by atoms with Gasteiger partial charge in [0.2, 0.25) is 5.88 Å². The quantitative estimate of drug-likeness (QED) is 0.804. The number of nitrogens with zero attached hydrogens (tertiary/aromatic N) is 1. The highest BCUT2D eigenvalue weighted by atomic mass is 16.5. The third-order valence-corrected chi connectivity index (χ3v) is 3.75. The van der Waals surface area contributed by atoms with E-state index in [2.05, 4.69) is 23.3 Å². The first-order valence-electron chi connectivity index (χ1n) is 6.31. The zero-order valence-corrected chi connectivity index (χ0v) is 10.2. The van der Waals surface area contributed by atoms with E-state index in [1.165, 1.54) is 12.8 Å². The summed E-state index contributed by atoms with van der Waals surface area (Å²) in [6.45, 7) is 4.45. The monoisotopic (exact) mass is 233 g/mol. The second kappa shape index (κ2) is 3.96. The fraction of sp³-hybridized carbons (Fsp3) is 0.615. The summed E-state index contributed by atoms with van der Waals surface area (Å²) < 4.78 is 5.66. The van der Waals surface area contributed by atoms with Gasteiger partial charge in [-0.25, -0.2) is 4.98 Å². The highest BCUT2D eigenvalue weighted by molar-refractivity contribution is 5.32. The molecule has 1 aromatic rings. The maximum Gasteiger partial charge on any atom is 0.218 e. The van der Waals surface area contributed by atoms with Gasteiger partial charge in [0.05, 0.1) is 11.2 Å². The van der Waals surface area contributed by atoms with Crippen LogP contribution in [0.15, 0.2) is 12.1 Å². The van der Waals surface area contributed by atoms with Gasteiger partial charge in [-0.1, -0.05) is 6.07 Å². The summed E-state index contributed by atoms with van der Waals surface area (Å²) >= 11 is 0. The molecule has 0 bridgehead atoms. The van der Waals surface area contributed by atoms with Gasteiger partial charge in [-0.3, -0.25) is 0 Å². The molecule has 1 aliphatic carbocycles. The van der Waals surface area contributed by atoms with Crippen LogP contribution in [0.25, 0.3) is 0 Å². The molecule has 0 amide bonds. The molecule has 0 aromatic carbocycles. The molecule has 1 aliphatic heterocycles. The number of nitrogens with one attached hydrogen (secondary N) is 1. The second-order valence-electron chi connectivity index (χ2n) is 5.24. The Balaban J connectivity index is 1.94. The fourth-order valence-electron chi connectivity index (χ4n) is 2.36. The largest absolute Gasteiger partial charge is 0.476 e. The average molecular weight is 233 g/mol. The van der Waals surface area contributed by atoms with Gasteiger partial charge in [0.1, 0.15) is 6.61 Å². The minimum atomic E-state index is -0.307. The van der Waals surface area contributed by atoms with Crippen molar-refractivity contribution in [3.8, 4) is 5.88 Å². The smallest absolute Gasteiger partial charge is 0.218 e. The lowest BCUT2D eigenvalue weighted by molar-refractivity contribution is 0.308. The second-order valence-corrected chi connectivity index (χ2v) is 5.24. The zero-order chi connectivity index (χ0) is 11.9. The molecule has 1 atom stereocenters. The van der Waals surface area contributed by atoms with Crippen LogP contribution in [-0.2, 0) is 12.1 Å². The van der Waals surface area contributed by atoms with Gasteiger partial charge in [0.25, 0.3) is 0 Å². The van der Waals surface area contributed by atoms with Crippen molar-refractivity contribution in [2.24, 2.45) is 11.7 Å². The van der Waals surface area contributed by atoms with Crippen molar-refractivity contribution in [2.75, 3.05) is 13.2 Å². The summed E-state index contributed by atoms with van der Waals surface area (Å²) in [6, 6.07) is 4.14. The van der Waals surface area contributed by atoms with E-state index in [1.54, 1.807) is 0 Å². The molecule has 1 saturated carbocycles. The van der Waals surface area contributed by atoms with Crippen LogP contribution < -0.4 is 15.8 Å². The predicted molar refractivity (Wildman–Crippen MR) is 65.7 cm³/mol. The summed E-state index contributed by atoms with van der Waals surface area (Å²) in [6.07, 6.45) is 2.43. The summed E-state index contributed by atoms with van der Waals surface area (Å²) in [7, 11) is 0. The molecule has 0 saturated heterocycles. The van der Waals surface area contributed by atoms with E-state index in [4.69, 9.17) is 10.5 Å². The van der Waals surface area contributed by atoms with Crippen LogP contribution in [-0.4, -0.2) is 18.1 Å². The van der Waals surface area contributed by atoms with Crippen LogP contribution in [0, 0.1) is 5.92 Å². The van der Waals surface area contributed by atoms with Crippen molar-refractivity contribution < 1.29 is 4.74 Å². The number of nitrogens with two attached hydrogens (primary N) is 1. The number of pyridine rings is 1. The van der Waals surface area contributed by atoms with Crippen molar-refractivity contribution in [1.82, 2.24) is 10.3 Å². The summed E-state index contributed by atoms with van der Waals surface area (Å²) in [4.78, 5) is 4.62. The first-order valence-corrected chi connectivity index (χ1v) is 6.31. The van der Waals surface area contributed by atoms with Gasteiger partial charge < -0.3 is 15.8 Å². The number of aromatic nitrogens is 1. The Morgan fingerprint density at radius 3 is 3.06 bits per heavy atom. The summed E-state index contributed by atoms with van der Waals surface area (Å²) in [5.74, 6) is 1.33. The van der Waals surface area contributed by atoms with Crippen LogP contribution in [0.1, 0.15) is 31.0 Å². The zero-order valence-electron chi connectivity index (χ0n) is 10.2. The lowest BCUT2D eigenvalue weighted by Gasteiger charge is -2.24. The van der Waals surface area contributed by atoms with Gasteiger partial charge in [-0.05, 0) is 31.7 Å². The van der Waals surface area contributed by atoms with E-state index in [0.717, 1.165) is 30.2 Å². The van der Waals surface area contributed by atoms with Gasteiger partial charge in [0, 0.05) is 18.7 Å². The van der Waals surface area contributed by atoms with Gasteiger partial charge in [-0.2, -0.15) is 0 Å². The van der Waals surface area contributed by atoms with Crippen molar-refractivity contribution in [1.29, 1.82) is 0 Å². The molecule has 0 spiro atoms. The highest BCUT2D eigenvalue weighted by Gasteiger charge is 2.41. The number of fused-ring (bicyclic) bond motifs is 1. The van der Waals surface area contributed by atoms with Gasteiger partial charge in [-0.15, -0.1) is 0 Å². The van der Waals surface area contributed by atoms with E-state index in [9.17, 15) is 0 Å². The third kappa shape index (κ3) is 2.03. The summed E-state index contributed by atoms with van der Waals surface area (Å²) in [5, 5.41) is 3.30. The lowest BCUT2D eigenvalue weighted by atomic mass is 9.92. The van der Waals surface area contributed by atoms with Crippen LogP contribution in [0.4, 0.5) is 0 Å². The van der Waals surface area contributed by atoms with Crippen molar-refractivity contribution >= 4 is 0 Å². The predicted octanol–water partition coefficient (Wildman–Crippen LogP) is 1.15. The number of rotatable bonds is 2. The Morgan fingerprint density at radius 2 is 2.29 bits per heavy atom. The maximum absolute atomic E-state index is 6.38. The molecule has 3 rings (SSSR count). The molecule has 17 heavy (non-hydrogen) atoms. The fourth-order valence-corrected chi connectivity index (χ4v) is 2.36. The SMILES string of the molecule is CC(N)(c1ccc2c(n1)OCCNC2)C1CC1. The molecule has 4 nitrogen and oxygen atoms in total. The first-order chi connectivity index (χ1) is 8.18. The molecule has 3 N–H and O–H groups in total. The summed E-state index contributed by atoms with van der Waals surface area (Å²) in [5.41, 5.74) is 8.16. The number of ether oxygens (including phenoxy) is 1. The van der Waals surface area contributed by atoms with Crippen LogP contribution in [0.5, 0.6) is 5.88 Å². The molecular formula is C13H19N3O. The van der Waals surface area contributed by atoms with Crippen LogP contribution >= 0.6 is 0 Å². The van der Waals surface area contributed by atoms with Crippen molar-refractivity contribution in [2.45, 2.75) is 31.8 Å². The molecule has 1 aromatic heterocycles. The molecule has 1 unspecified atom stereocenters. The number of hydrogen-bond acceptors (Lipinski definition) is 4. The molecular weight excluding hydrogens is 214 g/mol. The minimum Gasteiger partial charge on any atom is -0.476 e. The molecule has 0 radical (unpaired) electrons. The van der Waals surface area contributed by atoms with Crippen molar-refractivity contribution in [3.63, 3.8) is 0 Å². The Morgan fingerprint density at radius 1 is 1.47 bits per heavy atom. The standard InChI is InChI=1S/C13H19N3O/c1-13(14,10-3-4-10)11-5-2-9-8-15-6-7-17-12(9)16-11/h2,5,10,15H,3-4,6-8,14H2,1H3. The van der Waals surface area contributed by atoms with Gasteiger partial charge >= 0.3 is 0 Å². The first kappa shape index (κ1) is 11.0. The Hall–Kier alpha value is -1.13. The minimum absolute atomic E-state index is 0.307. The third-order valence-electron chi connectivity index (χ3n) is 3.75. The van der Waals surface area contributed by atoms with Crippen molar-refractivity contribution in [3.05, 3.63) is 23.4 Å². The molecule has 2 aliphatic rings.